The van der Waals surface area contributed by atoms with Crippen LogP contribution in [0.15, 0.2) is 24.3 Å². The van der Waals surface area contributed by atoms with Crippen LogP contribution in [0.5, 0.6) is 0 Å². The number of rotatable bonds is 8. The first-order chi connectivity index (χ1) is 11.8. The van der Waals surface area contributed by atoms with E-state index in [4.69, 9.17) is 23.4 Å². The highest BCUT2D eigenvalue weighted by molar-refractivity contribution is 7.88. The fourth-order valence-corrected chi connectivity index (χ4v) is 4.98. The molecule has 0 amide bonds. The van der Waals surface area contributed by atoms with E-state index < -0.39 is 10.0 Å². The van der Waals surface area contributed by atoms with E-state index in [0.29, 0.717) is 24.5 Å². The molecule has 0 aromatic heterocycles. The van der Waals surface area contributed by atoms with E-state index >= 15 is 0 Å². The van der Waals surface area contributed by atoms with Crippen molar-refractivity contribution in [1.29, 1.82) is 0 Å². The van der Waals surface area contributed by atoms with E-state index in [1.54, 1.807) is 4.42 Å². The van der Waals surface area contributed by atoms with Crippen LogP contribution in [0, 0.1) is 0 Å². The molecule has 1 unspecified atom stereocenters. The van der Waals surface area contributed by atoms with Crippen LogP contribution in [-0.4, -0.2) is 61.7 Å². The average Bonchev–Trinajstić information content (AvgIpc) is 2.57. The van der Waals surface area contributed by atoms with E-state index in [2.05, 4.69) is 5.32 Å². The Morgan fingerprint density at radius 1 is 1.24 bits per heavy atom. The minimum Gasteiger partial charge on any atom is -0.317 e. The summed E-state index contributed by atoms with van der Waals surface area (Å²) in [6.07, 6.45) is 3.81. The maximum absolute atomic E-state index is 12.2. The summed E-state index contributed by atoms with van der Waals surface area (Å²) in [6.45, 7) is 4.67. The van der Waals surface area contributed by atoms with Gasteiger partial charge in [-0.05, 0) is 61.8 Å². The summed E-state index contributed by atoms with van der Waals surface area (Å²) >= 11 is 12.5. The van der Waals surface area contributed by atoms with Gasteiger partial charge in [-0.1, -0.05) is 30.7 Å². The highest BCUT2D eigenvalue weighted by Crippen LogP contribution is 2.20. The summed E-state index contributed by atoms with van der Waals surface area (Å²) in [5, 5.41) is 3.99. The van der Waals surface area contributed by atoms with Crippen LogP contribution in [0.2, 0.25) is 5.02 Å². The molecule has 1 aromatic rings. The smallest absolute Gasteiger partial charge is 0.211 e. The van der Waals surface area contributed by atoms with Crippen LogP contribution in [-0.2, 0) is 16.4 Å². The number of nitrogens with zero attached hydrogens (tertiary/aromatic N) is 2. The minimum absolute atomic E-state index is 0.214. The second-order valence-corrected chi connectivity index (χ2v) is 9.32. The Morgan fingerprint density at radius 2 is 1.84 bits per heavy atom. The SMILES string of the molecule is CCN(C(Cc1ccc(Cl)cc1)CN(Cl)C1CCNCC1)S(C)(=O)=O. The predicted molar refractivity (Wildman–Crippen MR) is 105 cm³/mol. The summed E-state index contributed by atoms with van der Waals surface area (Å²) < 4.78 is 27.8. The van der Waals surface area contributed by atoms with Crippen molar-refractivity contribution in [3.05, 3.63) is 34.9 Å². The summed E-state index contributed by atoms with van der Waals surface area (Å²) in [4.78, 5) is 0. The van der Waals surface area contributed by atoms with Gasteiger partial charge in [0, 0.05) is 30.2 Å². The largest absolute Gasteiger partial charge is 0.317 e. The Labute approximate surface area is 161 Å². The molecule has 1 N–H and O–H groups in total. The van der Waals surface area contributed by atoms with E-state index in [9.17, 15) is 8.42 Å². The zero-order valence-corrected chi connectivity index (χ0v) is 17.1. The molecule has 0 bridgehead atoms. The van der Waals surface area contributed by atoms with Crippen molar-refractivity contribution < 1.29 is 8.42 Å². The number of likely N-dealkylation sites (N-methyl/N-ethyl adjacent to an activating group) is 1. The molecular formula is C17H27Cl2N3O2S. The summed E-state index contributed by atoms with van der Waals surface area (Å²) in [5.74, 6) is 0. The number of benzene rings is 1. The molecule has 0 spiro atoms. The molecule has 1 aliphatic rings. The van der Waals surface area contributed by atoms with Gasteiger partial charge in [-0.2, -0.15) is 4.31 Å². The molecule has 1 atom stereocenters. The quantitative estimate of drug-likeness (QED) is 0.673. The zero-order valence-electron chi connectivity index (χ0n) is 14.8. The normalized spacial score (nSPS) is 18.0. The molecule has 1 aromatic carbocycles. The Bertz CT molecular complexity index is 634. The van der Waals surface area contributed by atoms with Crippen molar-refractivity contribution in [2.45, 2.75) is 38.3 Å². The topological polar surface area (TPSA) is 52.6 Å². The van der Waals surface area contributed by atoms with Crippen LogP contribution in [0.25, 0.3) is 0 Å². The average molecular weight is 408 g/mol. The number of sulfonamides is 1. The van der Waals surface area contributed by atoms with Gasteiger partial charge in [0.2, 0.25) is 10.0 Å². The van der Waals surface area contributed by atoms with E-state index in [1.807, 2.05) is 31.2 Å². The van der Waals surface area contributed by atoms with Gasteiger partial charge >= 0.3 is 0 Å². The van der Waals surface area contributed by atoms with Crippen LogP contribution < -0.4 is 5.32 Å². The van der Waals surface area contributed by atoms with Crippen LogP contribution in [0.4, 0.5) is 0 Å². The summed E-state index contributed by atoms with van der Waals surface area (Å²) in [6, 6.07) is 7.59. The number of hydrogen-bond donors (Lipinski definition) is 1. The molecule has 25 heavy (non-hydrogen) atoms. The fourth-order valence-electron chi connectivity index (χ4n) is 3.35. The Hall–Kier alpha value is -0.370. The van der Waals surface area contributed by atoms with E-state index in [0.717, 1.165) is 31.5 Å². The Kier molecular flexibility index (Phi) is 7.98. The van der Waals surface area contributed by atoms with Crippen molar-refractivity contribution >= 4 is 33.4 Å². The van der Waals surface area contributed by atoms with Gasteiger partial charge in [0.25, 0.3) is 0 Å². The molecule has 8 heteroatoms. The predicted octanol–water partition coefficient (Wildman–Crippen LogP) is 2.74. The molecule has 1 fully saturated rings. The van der Waals surface area contributed by atoms with Crippen LogP contribution in [0.3, 0.4) is 0 Å². The van der Waals surface area contributed by atoms with Gasteiger partial charge in [0.1, 0.15) is 0 Å². The molecule has 0 radical (unpaired) electrons. The monoisotopic (exact) mass is 407 g/mol. The van der Waals surface area contributed by atoms with Crippen molar-refractivity contribution in [1.82, 2.24) is 14.0 Å². The maximum Gasteiger partial charge on any atom is 0.211 e. The third kappa shape index (κ3) is 6.38. The van der Waals surface area contributed by atoms with Crippen LogP contribution >= 0.6 is 23.4 Å². The minimum atomic E-state index is -3.31. The second kappa shape index (κ2) is 9.53. The lowest BCUT2D eigenvalue weighted by atomic mass is 10.0. The summed E-state index contributed by atoms with van der Waals surface area (Å²) in [5.41, 5.74) is 1.05. The first-order valence-corrected chi connectivity index (χ1v) is 11.2. The van der Waals surface area contributed by atoms with Gasteiger partial charge in [-0.25, -0.2) is 12.8 Å². The molecule has 142 valence electrons. The second-order valence-electron chi connectivity index (χ2n) is 6.51. The first kappa shape index (κ1) is 20.9. The van der Waals surface area contributed by atoms with Gasteiger partial charge in [0.15, 0.2) is 0 Å². The highest BCUT2D eigenvalue weighted by Gasteiger charge is 2.29. The number of piperidine rings is 1. The molecular weight excluding hydrogens is 381 g/mol. The third-order valence-corrected chi connectivity index (χ3v) is 6.69. The zero-order chi connectivity index (χ0) is 18.4. The number of nitrogens with one attached hydrogen (secondary N) is 1. The maximum atomic E-state index is 12.2. The number of halogens is 2. The van der Waals surface area contributed by atoms with E-state index in [1.165, 1.54) is 10.6 Å². The lowest BCUT2D eigenvalue weighted by Crippen LogP contribution is -2.49. The van der Waals surface area contributed by atoms with Crippen molar-refractivity contribution in [3.8, 4) is 0 Å². The lowest BCUT2D eigenvalue weighted by Gasteiger charge is -2.35. The highest BCUT2D eigenvalue weighted by atomic mass is 35.5. The van der Waals surface area contributed by atoms with Gasteiger partial charge < -0.3 is 5.32 Å². The molecule has 2 rings (SSSR count). The number of hydrogen-bond acceptors (Lipinski definition) is 4. The molecule has 0 aliphatic carbocycles. The van der Waals surface area contributed by atoms with Gasteiger partial charge in [-0.15, -0.1) is 0 Å². The Balaban J connectivity index is 2.16. The molecule has 0 saturated carbocycles. The van der Waals surface area contributed by atoms with Crippen molar-refractivity contribution in [3.63, 3.8) is 0 Å². The molecule has 1 aliphatic heterocycles. The van der Waals surface area contributed by atoms with E-state index in [-0.39, 0.29) is 12.1 Å². The first-order valence-electron chi connectivity index (χ1n) is 8.65. The fraction of sp³-hybridized carbons (Fsp3) is 0.647. The lowest BCUT2D eigenvalue weighted by molar-refractivity contribution is 0.214. The standard InChI is InChI=1S/C17H27Cl2N3O2S/c1-3-22(25(2,23)24)17(12-14-4-6-15(18)7-5-14)13-21(19)16-8-10-20-11-9-16/h4-7,16-17,20H,3,8-13H2,1-2H3. The molecule has 1 heterocycles. The Morgan fingerprint density at radius 3 is 2.36 bits per heavy atom. The van der Waals surface area contributed by atoms with Crippen molar-refractivity contribution in [2.75, 3.05) is 32.4 Å². The van der Waals surface area contributed by atoms with Crippen molar-refractivity contribution in [2.24, 2.45) is 0 Å². The van der Waals surface area contributed by atoms with Gasteiger partial charge in [-0.3, -0.25) is 0 Å². The van der Waals surface area contributed by atoms with Gasteiger partial charge in [0.05, 0.1) is 6.26 Å². The third-order valence-electron chi connectivity index (χ3n) is 4.62. The molecule has 5 nitrogen and oxygen atoms in total. The summed E-state index contributed by atoms with van der Waals surface area (Å²) in [7, 11) is -3.31. The molecule has 1 saturated heterocycles. The van der Waals surface area contributed by atoms with Crippen LogP contribution in [0.1, 0.15) is 25.3 Å².